The standard InChI is InChI=1S/C12H12ClN3O2/c1-2-18-12(17)11-9(14)10(15-16-11)7-4-3-5-8(13)6-7/h3-6H,2,14H2,1H3,(H,15,16). The number of nitrogens with one attached hydrogen (secondary N) is 1. The highest BCUT2D eigenvalue weighted by Crippen LogP contribution is 2.28. The van der Waals surface area contributed by atoms with Crippen molar-refractivity contribution in [1.29, 1.82) is 0 Å². The number of anilines is 1. The lowest BCUT2D eigenvalue weighted by atomic mass is 10.1. The molecule has 0 saturated carbocycles. The zero-order valence-electron chi connectivity index (χ0n) is 9.74. The lowest BCUT2D eigenvalue weighted by Crippen LogP contribution is -2.07. The lowest BCUT2D eigenvalue weighted by molar-refractivity contribution is 0.0520. The first kappa shape index (κ1) is 12.4. The van der Waals surface area contributed by atoms with Crippen LogP contribution >= 0.6 is 11.6 Å². The van der Waals surface area contributed by atoms with Gasteiger partial charge in [0.1, 0.15) is 5.69 Å². The normalized spacial score (nSPS) is 10.3. The van der Waals surface area contributed by atoms with E-state index in [4.69, 9.17) is 22.1 Å². The van der Waals surface area contributed by atoms with Crippen LogP contribution in [-0.2, 0) is 4.74 Å². The molecule has 0 aliphatic carbocycles. The van der Waals surface area contributed by atoms with Crippen molar-refractivity contribution in [2.24, 2.45) is 0 Å². The maximum atomic E-state index is 11.6. The van der Waals surface area contributed by atoms with Crippen molar-refractivity contribution in [1.82, 2.24) is 10.2 Å². The van der Waals surface area contributed by atoms with Crippen LogP contribution in [0, 0.1) is 0 Å². The van der Waals surface area contributed by atoms with Gasteiger partial charge in [-0.05, 0) is 19.1 Å². The van der Waals surface area contributed by atoms with Gasteiger partial charge in [-0.3, -0.25) is 5.10 Å². The molecule has 3 N–H and O–H groups in total. The van der Waals surface area contributed by atoms with Crippen LogP contribution in [0.4, 0.5) is 5.69 Å². The summed E-state index contributed by atoms with van der Waals surface area (Å²) in [6, 6.07) is 7.08. The summed E-state index contributed by atoms with van der Waals surface area (Å²) in [6.07, 6.45) is 0. The fraction of sp³-hybridized carbons (Fsp3) is 0.167. The third kappa shape index (κ3) is 2.31. The van der Waals surface area contributed by atoms with E-state index < -0.39 is 5.97 Å². The number of carbonyl (C=O) groups excluding carboxylic acids is 1. The number of nitrogens with two attached hydrogens (primary N) is 1. The number of benzene rings is 1. The number of halogens is 1. The lowest BCUT2D eigenvalue weighted by Gasteiger charge is -2.01. The zero-order valence-corrected chi connectivity index (χ0v) is 10.5. The van der Waals surface area contributed by atoms with E-state index in [9.17, 15) is 4.79 Å². The number of carbonyl (C=O) groups is 1. The molecular formula is C12H12ClN3O2. The zero-order chi connectivity index (χ0) is 13.1. The summed E-state index contributed by atoms with van der Waals surface area (Å²) >= 11 is 5.90. The van der Waals surface area contributed by atoms with Crippen LogP contribution in [0.2, 0.25) is 5.02 Å². The van der Waals surface area contributed by atoms with E-state index in [0.717, 1.165) is 5.56 Å². The Labute approximate surface area is 109 Å². The summed E-state index contributed by atoms with van der Waals surface area (Å²) in [7, 11) is 0. The number of ether oxygens (including phenoxy) is 1. The van der Waals surface area contributed by atoms with Crippen molar-refractivity contribution < 1.29 is 9.53 Å². The topological polar surface area (TPSA) is 81.0 Å². The molecule has 0 fully saturated rings. The summed E-state index contributed by atoms with van der Waals surface area (Å²) in [5.74, 6) is -0.518. The maximum absolute atomic E-state index is 11.6. The fourth-order valence-electron chi connectivity index (χ4n) is 1.57. The largest absolute Gasteiger partial charge is 0.461 e. The molecule has 94 valence electrons. The van der Waals surface area contributed by atoms with Gasteiger partial charge in [0.05, 0.1) is 12.3 Å². The number of hydrogen-bond donors (Lipinski definition) is 2. The smallest absolute Gasteiger partial charge is 0.358 e. The predicted octanol–water partition coefficient (Wildman–Crippen LogP) is 2.49. The van der Waals surface area contributed by atoms with Gasteiger partial charge in [0.25, 0.3) is 0 Å². The van der Waals surface area contributed by atoms with Gasteiger partial charge in [-0.25, -0.2) is 4.79 Å². The van der Waals surface area contributed by atoms with Gasteiger partial charge in [0, 0.05) is 10.6 Å². The Bertz CT molecular complexity index is 580. The van der Waals surface area contributed by atoms with E-state index in [-0.39, 0.29) is 18.0 Å². The summed E-state index contributed by atoms with van der Waals surface area (Å²) in [6.45, 7) is 2.01. The minimum absolute atomic E-state index is 0.159. The van der Waals surface area contributed by atoms with Gasteiger partial charge in [0.15, 0.2) is 5.69 Å². The molecular weight excluding hydrogens is 254 g/mol. The van der Waals surface area contributed by atoms with E-state index in [1.165, 1.54) is 0 Å². The Morgan fingerprint density at radius 2 is 2.33 bits per heavy atom. The summed E-state index contributed by atoms with van der Waals surface area (Å²) < 4.78 is 4.87. The minimum atomic E-state index is -0.518. The van der Waals surface area contributed by atoms with Crippen LogP contribution in [0.1, 0.15) is 17.4 Å². The van der Waals surface area contributed by atoms with E-state index >= 15 is 0 Å². The molecule has 0 aliphatic heterocycles. The first-order chi connectivity index (χ1) is 8.63. The molecule has 0 atom stereocenters. The Morgan fingerprint density at radius 1 is 1.56 bits per heavy atom. The maximum Gasteiger partial charge on any atom is 0.358 e. The van der Waals surface area contributed by atoms with Crippen LogP contribution < -0.4 is 5.73 Å². The number of H-pyrrole nitrogens is 1. The highest BCUT2D eigenvalue weighted by Gasteiger charge is 2.18. The molecule has 0 saturated heterocycles. The monoisotopic (exact) mass is 265 g/mol. The molecule has 2 aromatic rings. The van der Waals surface area contributed by atoms with E-state index in [1.807, 2.05) is 6.07 Å². The van der Waals surface area contributed by atoms with Gasteiger partial charge in [0.2, 0.25) is 0 Å². The number of aromatic nitrogens is 2. The van der Waals surface area contributed by atoms with Crippen LogP contribution in [0.5, 0.6) is 0 Å². The van der Waals surface area contributed by atoms with Crippen LogP contribution in [0.25, 0.3) is 11.3 Å². The van der Waals surface area contributed by atoms with Crippen molar-refractivity contribution >= 4 is 23.3 Å². The van der Waals surface area contributed by atoms with Crippen LogP contribution in [0.3, 0.4) is 0 Å². The second-order valence-electron chi connectivity index (χ2n) is 3.59. The van der Waals surface area contributed by atoms with Crippen molar-refractivity contribution in [2.45, 2.75) is 6.92 Å². The SMILES string of the molecule is CCOC(=O)c1[nH]nc(-c2cccc(Cl)c2)c1N. The number of nitrogens with zero attached hydrogens (tertiary/aromatic N) is 1. The molecule has 0 spiro atoms. The second-order valence-corrected chi connectivity index (χ2v) is 4.03. The van der Waals surface area contributed by atoms with E-state index in [2.05, 4.69) is 10.2 Å². The second kappa shape index (κ2) is 5.10. The Morgan fingerprint density at radius 3 is 3.00 bits per heavy atom. The molecule has 0 unspecified atom stereocenters. The van der Waals surface area contributed by atoms with Gasteiger partial charge >= 0.3 is 5.97 Å². The average molecular weight is 266 g/mol. The molecule has 5 nitrogen and oxygen atoms in total. The molecule has 1 aromatic heterocycles. The third-order valence-electron chi connectivity index (χ3n) is 2.38. The molecule has 0 radical (unpaired) electrons. The van der Waals surface area contributed by atoms with Crippen molar-refractivity contribution in [2.75, 3.05) is 12.3 Å². The number of nitrogen functional groups attached to an aromatic ring is 1. The minimum Gasteiger partial charge on any atom is -0.461 e. The number of esters is 1. The first-order valence-electron chi connectivity index (χ1n) is 5.40. The molecule has 0 bridgehead atoms. The van der Waals surface area contributed by atoms with E-state index in [1.54, 1.807) is 25.1 Å². The highest BCUT2D eigenvalue weighted by molar-refractivity contribution is 6.30. The molecule has 0 amide bonds. The van der Waals surface area contributed by atoms with Gasteiger partial charge in [-0.1, -0.05) is 23.7 Å². The van der Waals surface area contributed by atoms with Crippen LogP contribution in [0.15, 0.2) is 24.3 Å². The molecule has 18 heavy (non-hydrogen) atoms. The van der Waals surface area contributed by atoms with Gasteiger partial charge in [-0.2, -0.15) is 5.10 Å². The Balaban J connectivity index is 2.39. The Hall–Kier alpha value is -2.01. The average Bonchev–Trinajstić information content (AvgIpc) is 2.71. The molecule has 6 heteroatoms. The molecule has 2 rings (SSSR count). The third-order valence-corrected chi connectivity index (χ3v) is 2.62. The summed E-state index contributed by atoms with van der Waals surface area (Å²) in [5.41, 5.74) is 7.53. The van der Waals surface area contributed by atoms with Crippen molar-refractivity contribution in [3.8, 4) is 11.3 Å². The molecule has 1 heterocycles. The van der Waals surface area contributed by atoms with Crippen molar-refractivity contribution in [3.63, 3.8) is 0 Å². The fourth-order valence-corrected chi connectivity index (χ4v) is 1.76. The number of rotatable bonds is 3. The van der Waals surface area contributed by atoms with Crippen LogP contribution in [-0.4, -0.2) is 22.8 Å². The molecule has 1 aromatic carbocycles. The Kier molecular flexibility index (Phi) is 3.53. The summed E-state index contributed by atoms with van der Waals surface area (Å²) in [4.78, 5) is 11.6. The predicted molar refractivity (Wildman–Crippen MR) is 69.4 cm³/mol. The summed E-state index contributed by atoms with van der Waals surface area (Å²) in [5, 5.41) is 7.18. The van der Waals surface area contributed by atoms with Gasteiger partial charge in [-0.15, -0.1) is 0 Å². The van der Waals surface area contributed by atoms with Gasteiger partial charge < -0.3 is 10.5 Å². The quantitative estimate of drug-likeness (QED) is 0.836. The molecule has 0 aliphatic rings. The number of hydrogen-bond acceptors (Lipinski definition) is 4. The van der Waals surface area contributed by atoms with E-state index in [0.29, 0.717) is 10.7 Å². The first-order valence-corrected chi connectivity index (χ1v) is 5.78. The van der Waals surface area contributed by atoms with Crippen molar-refractivity contribution in [3.05, 3.63) is 35.0 Å². The number of aromatic amines is 1. The highest BCUT2D eigenvalue weighted by atomic mass is 35.5.